The molecule has 0 bridgehead atoms. The average molecular weight is 329 g/mol. The molecule has 4 heteroatoms. The third kappa shape index (κ3) is 3.09. The summed E-state index contributed by atoms with van der Waals surface area (Å²) in [6, 6.07) is 8.95. The fourth-order valence-electron chi connectivity index (χ4n) is 4.50. The van der Waals surface area contributed by atoms with E-state index >= 15 is 0 Å². The zero-order valence-corrected chi connectivity index (χ0v) is 15.4. The first-order chi connectivity index (χ1) is 11.6. The molecule has 2 aliphatic rings. The zero-order chi connectivity index (χ0) is 17.2. The van der Waals surface area contributed by atoms with Gasteiger partial charge >= 0.3 is 0 Å². The Morgan fingerprint density at radius 3 is 2.46 bits per heavy atom. The van der Waals surface area contributed by atoms with Gasteiger partial charge in [0.2, 0.25) is 5.91 Å². The highest BCUT2D eigenvalue weighted by Crippen LogP contribution is 2.42. The molecule has 1 amide bonds. The minimum Gasteiger partial charge on any atom is -0.342 e. The lowest BCUT2D eigenvalue weighted by Crippen LogP contribution is -2.55. The molecule has 1 aromatic carbocycles. The molecular weight excluding hydrogens is 298 g/mol. The molecule has 0 N–H and O–H groups in total. The van der Waals surface area contributed by atoms with E-state index in [9.17, 15) is 4.79 Å². The first-order valence-corrected chi connectivity index (χ1v) is 9.40. The first kappa shape index (κ1) is 17.4. The molecule has 0 aliphatic carbocycles. The monoisotopic (exact) mass is 329 g/mol. The van der Waals surface area contributed by atoms with Gasteiger partial charge in [-0.3, -0.25) is 14.6 Å². The van der Waals surface area contributed by atoms with Crippen molar-refractivity contribution < 1.29 is 4.79 Å². The van der Waals surface area contributed by atoms with Gasteiger partial charge in [0, 0.05) is 38.3 Å². The highest BCUT2D eigenvalue weighted by Gasteiger charge is 2.43. The predicted octanol–water partition coefficient (Wildman–Crippen LogP) is 2.33. The van der Waals surface area contributed by atoms with Gasteiger partial charge in [-0.1, -0.05) is 24.3 Å². The van der Waals surface area contributed by atoms with Crippen LogP contribution < -0.4 is 0 Å². The second kappa shape index (κ2) is 7.24. The van der Waals surface area contributed by atoms with E-state index in [-0.39, 0.29) is 11.4 Å². The van der Waals surface area contributed by atoms with Crippen molar-refractivity contribution in [3.8, 4) is 0 Å². The van der Waals surface area contributed by atoms with Crippen molar-refractivity contribution in [2.24, 2.45) is 0 Å². The molecule has 4 nitrogen and oxygen atoms in total. The summed E-state index contributed by atoms with van der Waals surface area (Å²) in [6.07, 6.45) is 3.39. The Kier molecular flexibility index (Phi) is 5.26. The van der Waals surface area contributed by atoms with Crippen LogP contribution in [0.3, 0.4) is 0 Å². The summed E-state index contributed by atoms with van der Waals surface area (Å²) in [4.78, 5) is 19.2. The van der Waals surface area contributed by atoms with Gasteiger partial charge in [0.15, 0.2) is 0 Å². The van der Waals surface area contributed by atoms with E-state index in [1.165, 1.54) is 11.1 Å². The number of likely N-dealkylation sites (N-methyl/N-ethyl adjacent to an activating group) is 2. The maximum absolute atomic E-state index is 12.4. The van der Waals surface area contributed by atoms with Gasteiger partial charge in [0.05, 0.1) is 6.54 Å². The highest BCUT2D eigenvalue weighted by molar-refractivity contribution is 5.78. The van der Waals surface area contributed by atoms with Crippen LogP contribution in [-0.4, -0.2) is 66.9 Å². The Morgan fingerprint density at radius 1 is 1.12 bits per heavy atom. The van der Waals surface area contributed by atoms with E-state index in [1.807, 2.05) is 4.90 Å². The fraction of sp³-hybridized carbons (Fsp3) is 0.650. The lowest BCUT2D eigenvalue weighted by molar-refractivity contribution is -0.132. The lowest BCUT2D eigenvalue weighted by Gasteiger charge is -2.51. The second-order valence-corrected chi connectivity index (χ2v) is 7.20. The Hall–Kier alpha value is -1.39. The largest absolute Gasteiger partial charge is 0.342 e. The number of piperidine rings is 1. The number of amides is 1. The molecule has 1 fully saturated rings. The number of benzene rings is 1. The third-order valence-corrected chi connectivity index (χ3v) is 6.12. The molecule has 24 heavy (non-hydrogen) atoms. The number of fused-ring (bicyclic) bond motifs is 2. The molecule has 0 atom stereocenters. The summed E-state index contributed by atoms with van der Waals surface area (Å²) in [5, 5.41) is 0. The first-order valence-electron chi connectivity index (χ1n) is 9.40. The van der Waals surface area contributed by atoms with Crippen LogP contribution >= 0.6 is 0 Å². The van der Waals surface area contributed by atoms with E-state index in [1.54, 1.807) is 0 Å². The molecule has 2 heterocycles. The van der Waals surface area contributed by atoms with Crippen molar-refractivity contribution in [3.05, 3.63) is 35.4 Å². The molecule has 132 valence electrons. The van der Waals surface area contributed by atoms with Crippen molar-refractivity contribution in [2.75, 3.05) is 46.3 Å². The van der Waals surface area contributed by atoms with Crippen LogP contribution in [0, 0.1) is 0 Å². The standard InChI is InChI=1S/C20H31N3O/c1-4-23(5-2)19(24)16-22-14-11-20(12-15-22)18-9-7-6-8-17(18)10-13-21(20)3/h6-9H,4-5,10-16H2,1-3H3. The summed E-state index contributed by atoms with van der Waals surface area (Å²) in [6.45, 7) is 9.45. The Balaban J connectivity index is 1.69. The Bertz CT molecular complexity index is 574. The second-order valence-electron chi connectivity index (χ2n) is 7.20. The molecule has 2 aliphatic heterocycles. The number of hydrogen-bond acceptors (Lipinski definition) is 3. The Morgan fingerprint density at radius 2 is 1.79 bits per heavy atom. The van der Waals surface area contributed by atoms with Crippen LogP contribution in [0.5, 0.6) is 0 Å². The van der Waals surface area contributed by atoms with Crippen LogP contribution in [0.1, 0.15) is 37.8 Å². The molecule has 0 aromatic heterocycles. The number of nitrogens with zero attached hydrogens (tertiary/aromatic N) is 3. The summed E-state index contributed by atoms with van der Waals surface area (Å²) >= 11 is 0. The smallest absolute Gasteiger partial charge is 0.236 e. The quantitative estimate of drug-likeness (QED) is 0.848. The normalized spacial score (nSPS) is 20.8. The van der Waals surface area contributed by atoms with Crippen LogP contribution in [0.25, 0.3) is 0 Å². The number of carbonyl (C=O) groups excluding carboxylic acids is 1. The zero-order valence-electron chi connectivity index (χ0n) is 15.4. The maximum atomic E-state index is 12.4. The Labute approximate surface area is 146 Å². The molecule has 1 spiro atoms. The third-order valence-electron chi connectivity index (χ3n) is 6.12. The van der Waals surface area contributed by atoms with Gasteiger partial charge in [-0.15, -0.1) is 0 Å². The summed E-state index contributed by atoms with van der Waals surface area (Å²) < 4.78 is 0. The van der Waals surface area contributed by atoms with Crippen LogP contribution in [0.4, 0.5) is 0 Å². The average Bonchev–Trinajstić information content (AvgIpc) is 2.61. The predicted molar refractivity (Wildman–Crippen MR) is 98.1 cm³/mol. The minimum atomic E-state index is 0.170. The van der Waals surface area contributed by atoms with Gasteiger partial charge < -0.3 is 4.90 Å². The van der Waals surface area contributed by atoms with Crippen molar-refractivity contribution in [2.45, 2.75) is 38.6 Å². The van der Waals surface area contributed by atoms with E-state index in [4.69, 9.17) is 0 Å². The van der Waals surface area contributed by atoms with Gasteiger partial charge in [0.25, 0.3) is 0 Å². The van der Waals surface area contributed by atoms with Gasteiger partial charge in [0.1, 0.15) is 0 Å². The number of likely N-dealkylation sites (tertiary alicyclic amines) is 1. The van der Waals surface area contributed by atoms with Crippen LogP contribution in [0.2, 0.25) is 0 Å². The molecule has 1 aromatic rings. The van der Waals surface area contributed by atoms with Crippen molar-refractivity contribution in [1.82, 2.24) is 14.7 Å². The molecule has 0 unspecified atom stereocenters. The molecular formula is C20H31N3O. The van der Waals surface area contributed by atoms with Gasteiger partial charge in [-0.2, -0.15) is 0 Å². The van der Waals surface area contributed by atoms with E-state index in [0.29, 0.717) is 6.54 Å². The topological polar surface area (TPSA) is 26.8 Å². The fourth-order valence-corrected chi connectivity index (χ4v) is 4.50. The molecule has 0 saturated carbocycles. The molecule has 3 rings (SSSR count). The lowest BCUT2D eigenvalue weighted by atomic mass is 9.74. The molecule has 1 saturated heterocycles. The number of hydrogen-bond donors (Lipinski definition) is 0. The van der Waals surface area contributed by atoms with Crippen LogP contribution in [0.15, 0.2) is 24.3 Å². The summed E-state index contributed by atoms with van der Waals surface area (Å²) in [5.41, 5.74) is 3.21. The van der Waals surface area contributed by atoms with E-state index in [2.05, 4.69) is 55.0 Å². The molecule has 0 radical (unpaired) electrons. The minimum absolute atomic E-state index is 0.170. The van der Waals surface area contributed by atoms with E-state index in [0.717, 1.165) is 52.0 Å². The van der Waals surface area contributed by atoms with E-state index < -0.39 is 0 Å². The maximum Gasteiger partial charge on any atom is 0.236 e. The summed E-state index contributed by atoms with van der Waals surface area (Å²) in [7, 11) is 2.27. The van der Waals surface area contributed by atoms with Crippen molar-refractivity contribution in [1.29, 1.82) is 0 Å². The summed E-state index contributed by atoms with van der Waals surface area (Å²) in [5.74, 6) is 0.272. The highest BCUT2D eigenvalue weighted by atomic mass is 16.2. The SMILES string of the molecule is CCN(CC)C(=O)CN1CCC2(CC1)c1ccccc1CCN2C. The van der Waals surface area contributed by atoms with Crippen molar-refractivity contribution >= 4 is 5.91 Å². The van der Waals surface area contributed by atoms with Gasteiger partial charge in [-0.25, -0.2) is 0 Å². The van der Waals surface area contributed by atoms with Gasteiger partial charge in [-0.05, 0) is 51.3 Å². The van der Waals surface area contributed by atoms with Crippen molar-refractivity contribution in [3.63, 3.8) is 0 Å². The number of rotatable bonds is 4. The number of carbonyl (C=O) groups is 1. The van der Waals surface area contributed by atoms with Crippen LogP contribution in [-0.2, 0) is 16.8 Å².